The van der Waals surface area contributed by atoms with Gasteiger partial charge in [0, 0.05) is 8.59 Å². The minimum Gasteiger partial charge on any atom is -0.294 e. The van der Waals surface area contributed by atoms with Gasteiger partial charge in [-0.2, -0.15) is 0 Å². The summed E-state index contributed by atoms with van der Waals surface area (Å²) in [4.78, 5) is 4.71. The maximum Gasteiger partial charge on any atom is 0.132 e. The van der Waals surface area contributed by atoms with Crippen LogP contribution in [0.2, 0.25) is 5.02 Å². The van der Waals surface area contributed by atoms with Crippen LogP contribution in [0, 0.1) is 10.5 Å². The van der Waals surface area contributed by atoms with Crippen LogP contribution in [0.15, 0.2) is 36.4 Å². The van der Waals surface area contributed by atoms with Crippen molar-refractivity contribution in [3.05, 3.63) is 56.4 Å². The van der Waals surface area contributed by atoms with E-state index in [1.165, 1.54) is 5.56 Å². The molecule has 0 aliphatic rings. The molecule has 0 saturated heterocycles. The van der Waals surface area contributed by atoms with Gasteiger partial charge in [-0.1, -0.05) is 17.7 Å². The average molecular weight is 431 g/mol. The third-order valence-corrected chi connectivity index (χ3v) is 4.64. The summed E-state index contributed by atoms with van der Waals surface area (Å²) in [5.74, 6) is 0.845. The first-order valence-corrected chi connectivity index (χ1v) is 8.45. The summed E-state index contributed by atoms with van der Waals surface area (Å²) in [6, 6.07) is 12.1. The lowest BCUT2D eigenvalue weighted by molar-refractivity contribution is 0.880. The number of imidazole rings is 1. The number of aryl methyl sites for hydroxylation is 1. The molecule has 3 rings (SSSR count). The molecule has 0 aliphatic carbocycles. The Bertz CT molecular complexity index is 825. The standard InChI is InChI=1S/C16H13Cl2IN2/c1-9-3-5-15-13(7-9)20-16(10(2)17)21(15)14-6-4-11(18)8-12(14)19/h3-8,10H,1-2H3. The van der Waals surface area contributed by atoms with Crippen molar-refractivity contribution in [3.8, 4) is 5.69 Å². The third-order valence-electron chi connectivity index (χ3n) is 3.34. The monoisotopic (exact) mass is 430 g/mol. The number of nitrogens with zero attached hydrogens (tertiary/aromatic N) is 2. The third kappa shape index (κ3) is 2.79. The molecule has 0 saturated carbocycles. The number of benzene rings is 2. The average Bonchev–Trinajstić information content (AvgIpc) is 2.77. The van der Waals surface area contributed by atoms with Gasteiger partial charge in [0.05, 0.1) is 22.1 Å². The molecule has 1 atom stereocenters. The van der Waals surface area contributed by atoms with Crippen LogP contribution in [0.25, 0.3) is 16.7 Å². The number of rotatable bonds is 2. The van der Waals surface area contributed by atoms with Gasteiger partial charge in [-0.15, -0.1) is 11.6 Å². The Labute approximate surface area is 147 Å². The zero-order valence-electron chi connectivity index (χ0n) is 11.6. The highest BCUT2D eigenvalue weighted by atomic mass is 127. The zero-order valence-corrected chi connectivity index (χ0v) is 15.2. The predicted molar refractivity (Wildman–Crippen MR) is 97.8 cm³/mol. The van der Waals surface area contributed by atoms with E-state index in [1.807, 2.05) is 25.1 Å². The highest BCUT2D eigenvalue weighted by molar-refractivity contribution is 14.1. The summed E-state index contributed by atoms with van der Waals surface area (Å²) in [7, 11) is 0. The van der Waals surface area contributed by atoms with E-state index in [2.05, 4.69) is 52.3 Å². The highest BCUT2D eigenvalue weighted by Crippen LogP contribution is 2.31. The van der Waals surface area contributed by atoms with Gasteiger partial charge in [0.25, 0.3) is 0 Å². The zero-order chi connectivity index (χ0) is 15.1. The summed E-state index contributed by atoms with van der Waals surface area (Å²) < 4.78 is 3.18. The van der Waals surface area contributed by atoms with Crippen LogP contribution in [0.4, 0.5) is 0 Å². The minimum atomic E-state index is -0.177. The Hall–Kier alpha value is -0.780. The molecular formula is C16H13Cl2IN2. The fraction of sp³-hybridized carbons (Fsp3) is 0.188. The molecule has 1 aromatic heterocycles. The van der Waals surface area contributed by atoms with Crippen molar-refractivity contribution >= 4 is 56.8 Å². The molecule has 5 heteroatoms. The Morgan fingerprint density at radius 3 is 2.62 bits per heavy atom. The van der Waals surface area contributed by atoms with E-state index < -0.39 is 0 Å². The molecule has 0 N–H and O–H groups in total. The fourth-order valence-corrected chi connectivity index (χ4v) is 3.65. The van der Waals surface area contributed by atoms with Gasteiger partial charge in [-0.3, -0.25) is 4.57 Å². The number of alkyl halides is 1. The van der Waals surface area contributed by atoms with Crippen molar-refractivity contribution in [3.63, 3.8) is 0 Å². The van der Waals surface area contributed by atoms with E-state index in [1.54, 1.807) is 0 Å². The van der Waals surface area contributed by atoms with Crippen molar-refractivity contribution < 1.29 is 0 Å². The lowest BCUT2D eigenvalue weighted by Crippen LogP contribution is -2.03. The van der Waals surface area contributed by atoms with Crippen molar-refractivity contribution in [2.75, 3.05) is 0 Å². The minimum absolute atomic E-state index is 0.177. The quantitative estimate of drug-likeness (QED) is 0.366. The van der Waals surface area contributed by atoms with Crippen LogP contribution >= 0.6 is 45.8 Å². The summed E-state index contributed by atoms with van der Waals surface area (Å²) >= 11 is 14.7. The number of halogens is 3. The second-order valence-electron chi connectivity index (χ2n) is 5.01. The lowest BCUT2D eigenvalue weighted by Gasteiger charge is -2.12. The topological polar surface area (TPSA) is 17.8 Å². The molecular weight excluding hydrogens is 418 g/mol. The number of hydrogen-bond donors (Lipinski definition) is 0. The van der Waals surface area contributed by atoms with Crippen LogP contribution in [0.1, 0.15) is 23.7 Å². The van der Waals surface area contributed by atoms with Crippen LogP contribution < -0.4 is 0 Å². The molecule has 1 heterocycles. The molecule has 0 amide bonds. The number of aromatic nitrogens is 2. The van der Waals surface area contributed by atoms with E-state index in [-0.39, 0.29) is 5.38 Å². The lowest BCUT2D eigenvalue weighted by atomic mass is 10.2. The van der Waals surface area contributed by atoms with E-state index in [9.17, 15) is 0 Å². The highest BCUT2D eigenvalue weighted by Gasteiger charge is 2.18. The van der Waals surface area contributed by atoms with Gasteiger partial charge in [-0.25, -0.2) is 4.98 Å². The van der Waals surface area contributed by atoms with E-state index in [4.69, 9.17) is 28.2 Å². The fourth-order valence-electron chi connectivity index (χ4n) is 2.39. The van der Waals surface area contributed by atoms with Crippen LogP contribution in [0.3, 0.4) is 0 Å². The van der Waals surface area contributed by atoms with Crippen molar-refractivity contribution in [1.29, 1.82) is 0 Å². The Morgan fingerprint density at radius 2 is 1.95 bits per heavy atom. The van der Waals surface area contributed by atoms with Crippen LogP contribution in [-0.4, -0.2) is 9.55 Å². The van der Waals surface area contributed by atoms with Crippen LogP contribution in [-0.2, 0) is 0 Å². The number of hydrogen-bond acceptors (Lipinski definition) is 1. The molecule has 1 unspecified atom stereocenters. The first-order valence-electron chi connectivity index (χ1n) is 6.56. The summed E-state index contributed by atoms with van der Waals surface area (Å²) in [6.45, 7) is 4.00. The first-order chi connectivity index (χ1) is 9.97. The predicted octanol–water partition coefficient (Wildman–Crippen LogP) is 5.89. The Morgan fingerprint density at radius 1 is 1.19 bits per heavy atom. The van der Waals surface area contributed by atoms with Gasteiger partial charge in [-0.05, 0) is 72.3 Å². The smallest absolute Gasteiger partial charge is 0.132 e. The van der Waals surface area contributed by atoms with Crippen LogP contribution in [0.5, 0.6) is 0 Å². The summed E-state index contributed by atoms with van der Waals surface area (Å²) in [5, 5.41) is 0.549. The molecule has 0 aliphatic heterocycles. The van der Waals surface area contributed by atoms with Crippen molar-refractivity contribution in [2.45, 2.75) is 19.2 Å². The van der Waals surface area contributed by atoms with Gasteiger partial charge in [0.2, 0.25) is 0 Å². The van der Waals surface area contributed by atoms with E-state index >= 15 is 0 Å². The molecule has 2 nitrogen and oxygen atoms in total. The second kappa shape index (κ2) is 5.78. The molecule has 2 aromatic carbocycles. The largest absolute Gasteiger partial charge is 0.294 e. The molecule has 3 aromatic rings. The maximum atomic E-state index is 6.34. The van der Waals surface area contributed by atoms with Gasteiger partial charge < -0.3 is 0 Å². The molecule has 21 heavy (non-hydrogen) atoms. The molecule has 0 bridgehead atoms. The Kier molecular flexibility index (Phi) is 4.17. The molecule has 0 spiro atoms. The first kappa shape index (κ1) is 15.1. The maximum absolute atomic E-state index is 6.34. The Balaban J connectivity index is 2.36. The SMILES string of the molecule is Cc1ccc2c(c1)nc(C(C)Cl)n2-c1ccc(Cl)cc1I. The van der Waals surface area contributed by atoms with Gasteiger partial charge in [0.1, 0.15) is 5.82 Å². The summed E-state index contributed by atoms with van der Waals surface area (Å²) in [6.07, 6.45) is 0. The number of fused-ring (bicyclic) bond motifs is 1. The molecule has 0 fully saturated rings. The van der Waals surface area contributed by atoms with Gasteiger partial charge in [0.15, 0.2) is 0 Å². The summed E-state index contributed by atoms with van der Waals surface area (Å²) in [5.41, 5.74) is 4.26. The second-order valence-corrected chi connectivity index (χ2v) is 7.26. The van der Waals surface area contributed by atoms with Crippen molar-refractivity contribution in [1.82, 2.24) is 9.55 Å². The van der Waals surface area contributed by atoms with E-state index in [0.717, 1.165) is 31.1 Å². The molecule has 108 valence electrons. The van der Waals surface area contributed by atoms with Gasteiger partial charge >= 0.3 is 0 Å². The molecule has 0 radical (unpaired) electrons. The normalized spacial score (nSPS) is 12.8. The van der Waals surface area contributed by atoms with Crippen molar-refractivity contribution in [2.24, 2.45) is 0 Å². The van der Waals surface area contributed by atoms with E-state index in [0.29, 0.717) is 0 Å².